The van der Waals surface area contributed by atoms with E-state index in [2.05, 4.69) is 164 Å². The maximum atomic E-state index is 7.04. The number of hydrogen-bond acceptors (Lipinski definition) is 5. The number of nitrogens with zero attached hydrogens (tertiary/aromatic N) is 3. The number of allylic oxidation sites excluding steroid dienone is 2. The normalized spacial score (nSPS) is 15.3. The van der Waals surface area contributed by atoms with Gasteiger partial charge in [0.2, 0.25) is 0 Å². The van der Waals surface area contributed by atoms with E-state index in [1.807, 2.05) is 48.5 Å². The SMILES string of the molecule is C1=CC2Oc3c(-c4ccc5c(c4)oc4ccccc45)cc(-c4ccc(-c5ccccc5)cc4)cc3C2C(c2nc(-c3ccccc3)nc(-c3ccc(-c4ccccc4)cc3)n2)=C1. The zero-order valence-corrected chi connectivity index (χ0v) is 33.5. The van der Waals surface area contributed by atoms with Gasteiger partial charge in [-0.1, -0.05) is 176 Å². The molecule has 0 saturated heterocycles. The number of furan rings is 1. The number of hydrogen-bond donors (Lipinski definition) is 0. The van der Waals surface area contributed by atoms with Gasteiger partial charge in [0, 0.05) is 38.6 Å². The number of rotatable bonds is 7. The van der Waals surface area contributed by atoms with Gasteiger partial charge < -0.3 is 9.15 Å². The largest absolute Gasteiger partial charge is 0.484 e. The molecule has 5 heteroatoms. The van der Waals surface area contributed by atoms with E-state index in [9.17, 15) is 0 Å². The van der Waals surface area contributed by atoms with Gasteiger partial charge in [-0.3, -0.25) is 0 Å². The summed E-state index contributed by atoms with van der Waals surface area (Å²) in [5.41, 5.74) is 14.5. The monoisotopic (exact) mass is 795 g/mol. The number of aromatic nitrogens is 3. The molecule has 1 aliphatic carbocycles. The van der Waals surface area contributed by atoms with Gasteiger partial charge in [0.25, 0.3) is 0 Å². The minimum absolute atomic E-state index is 0.174. The minimum atomic E-state index is -0.264. The Hall–Kier alpha value is -8.15. The quantitative estimate of drug-likeness (QED) is 0.161. The molecular weight excluding hydrogens is 759 g/mol. The fourth-order valence-corrected chi connectivity index (χ4v) is 9.03. The first-order valence-electron chi connectivity index (χ1n) is 21.0. The van der Waals surface area contributed by atoms with Crippen molar-refractivity contribution in [3.05, 3.63) is 224 Å². The second-order valence-electron chi connectivity index (χ2n) is 15.9. The fraction of sp³-hybridized carbons (Fsp3) is 0.0351. The van der Waals surface area contributed by atoms with Crippen LogP contribution >= 0.6 is 0 Å². The molecule has 0 amide bonds. The van der Waals surface area contributed by atoms with Crippen molar-refractivity contribution in [3.8, 4) is 73.0 Å². The molecule has 5 nitrogen and oxygen atoms in total. The molecule has 2 atom stereocenters. The molecule has 0 N–H and O–H groups in total. The second kappa shape index (κ2) is 14.8. The highest BCUT2D eigenvalue weighted by molar-refractivity contribution is 6.06. The van der Waals surface area contributed by atoms with E-state index in [0.717, 1.165) is 83.3 Å². The molecule has 8 aromatic carbocycles. The smallest absolute Gasteiger partial charge is 0.164 e. The van der Waals surface area contributed by atoms with Gasteiger partial charge in [-0.15, -0.1) is 0 Å². The Balaban J connectivity index is 1.01. The van der Waals surface area contributed by atoms with Crippen LogP contribution in [0.5, 0.6) is 5.75 Å². The molecule has 2 aliphatic rings. The van der Waals surface area contributed by atoms with Gasteiger partial charge in [-0.25, -0.2) is 15.0 Å². The lowest BCUT2D eigenvalue weighted by Gasteiger charge is -2.22. The molecule has 292 valence electrons. The van der Waals surface area contributed by atoms with Crippen LogP contribution < -0.4 is 4.74 Å². The molecule has 62 heavy (non-hydrogen) atoms. The molecule has 0 saturated carbocycles. The van der Waals surface area contributed by atoms with Crippen LogP contribution in [0.15, 0.2) is 217 Å². The Morgan fingerprint density at radius 3 is 1.55 bits per heavy atom. The van der Waals surface area contributed by atoms with Gasteiger partial charge in [-0.05, 0) is 75.4 Å². The minimum Gasteiger partial charge on any atom is -0.484 e. The molecule has 0 bridgehead atoms. The zero-order valence-electron chi connectivity index (χ0n) is 33.5. The Bertz CT molecular complexity index is 3350. The first-order chi connectivity index (χ1) is 30.7. The van der Waals surface area contributed by atoms with E-state index in [4.69, 9.17) is 24.1 Å². The lowest BCUT2D eigenvalue weighted by atomic mass is 9.82. The van der Waals surface area contributed by atoms with Crippen LogP contribution in [-0.4, -0.2) is 21.1 Å². The third-order valence-corrected chi connectivity index (χ3v) is 12.1. The van der Waals surface area contributed by atoms with Crippen molar-refractivity contribution in [1.29, 1.82) is 0 Å². The highest BCUT2D eigenvalue weighted by atomic mass is 16.5. The molecule has 2 unspecified atom stereocenters. The molecule has 10 aromatic rings. The lowest BCUT2D eigenvalue weighted by molar-refractivity contribution is 0.272. The van der Waals surface area contributed by atoms with E-state index >= 15 is 0 Å². The van der Waals surface area contributed by atoms with Crippen LogP contribution in [0.4, 0.5) is 0 Å². The number of benzene rings is 8. The van der Waals surface area contributed by atoms with Gasteiger partial charge in [-0.2, -0.15) is 0 Å². The van der Waals surface area contributed by atoms with Crippen LogP contribution in [0, 0.1) is 0 Å². The van der Waals surface area contributed by atoms with Crippen molar-refractivity contribution in [1.82, 2.24) is 15.0 Å². The van der Waals surface area contributed by atoms with Crippen LogP contribution in [0.3, 0.4) is 0 Å². The summed E-state index contributed by atoms with van der Waals surface area (Å²) in [6, 6.07) is 67.6. The number of ether oxygens (including phenoxy) is 1. The highest BCUT2D eigenvalue weighted by Crippen LogP contribution is 2.53. The Labute approximate surface area is 359 Å². The van der Waals surface area contributed by atoms with Crippen molar-refractivity contribution in [2.75, 3.05) is 0 Å². The zero-order chi connectivity index (χ0) is 41.0. The highest BCUT2D eigenvalue weighted by Gasteiger charge is 2.40. The lowest BCUT2D eigenvalue weighted by Crippen LogP contribution is -2.20. The number of para-hydroxylation sites is 1. The van der Waals surface area contributed by atoms with Crippen LogP contribution in [0.2, 0.25) is 0 Å². The van der Waals surface area contributed by atoms with E-state index < -0.39 is 0 Å². The summed E-state index contributed by atoms with van der Waals surface area (Å²) in [5.74, 6) is 2.54. The molecule has 1 aliphatic heterocycles. The van der Waals surface area contributed by atoms with Crippen LogP contribution in [0.1, 0.15) is 17.3 Å². The molecule has 12 rings (SSSR count). The molecular formula is C57H37N3O2. The van der Waals surface area contributed by atoms with Gasteiger partial charge >= 0.3 is 0 Å². The summed E-state index contributed by atoms with van der Waals surface area (Å²) < 4.78 is 13.5. The van der Waals surface area contributed by atoms with Gasteiger partial charge in [0.05, 0.1) is 5.92 Å². The summed E-state index contributed by atoms with van der Waals surface area (Å²) in [5, 5.41) is 2.19. The summed E-state index contributed by atoms with van der Waals surface area (Å²) in [7, 11) is 0. The van der Waals surface area contributed by atoms with Crippen molar-refractivity contribution in [2.45, 2.75) is 12.0 Å². The summed E-state index contributed by atoms with van der Waals surface area (Å²) >= 11 is 0. The summed E-state index contributed by atoms with van der Waals surface area (Å²) in [4.78, 5) is 15.5. The molecule has 0 fully saturated rings. The van der Waals surface area contributed by atoms with E-state index in [-0.39, 0.29) is 12.0 Å². The fourth-order valence-electron chi connectivity index (χ4n) is 9.03. The predicted octanol–water partition coefficient (Wildman–Crippen LogP) is 14.3. The molecule has 0 radical (unpaired) electrons. The van der Waals surface area contributed by atoms with Crippen molar-refractivity contribution in [3.63, 3.8) is 0 Å². The Kier molecular flexibility index (Phi) is 8.56. The standard InChI is InChI=1S/C57H37N3O2/c1-4-13-36(14-5-1)38-23-25-40(26-24-38)44-33-48(43-31-32-46-45-19-10-11-21-50(45)61-52(46)35-43)54-49(34-44)53-47(20-12-22-51(53)62-54)57-59-55(41-17-8-3-9-18-41)58-56(60-57)42-29-27-39(28-30-42)37-15-6-2-7-16-37/h1-35,51,53H. The van der Waals surface area contributed by atoms with Gasteiger partial charge in [0.1, 0.15) is 23.0 Å². The topological polar surface area (TPSA) is 61.0 Å². The van der Waals surface area contributed by atoms with E-state index in [1.54, 1.807) is 0 Å². The maximum absolute atomic E-state index is 7.04. The van der Waals surface area contributed by atoms with E-state index in [0.29, 0.717) is 17.5 Å². The average molecular weight is 796 g/mol. The van der Waals surface area contributed by atoms with Crippen molar-refractivity contribution < 1.29 is 9.15 Å². The summed E-state index contributed by atoms with van der Waals surface area (Å²) in [6.07, 6.45) is 6.11. The third kappa shape index (κ3) is 6.30. The first-order valence-corrected chi connectivity index (χ1v) is 21.0. The molecule has 3 heterocycles. The molecule has 2 aromatic heterocycles. The summed E-state index contributed by atoms with van der Waals surface area (Å²) in [6.45, 7) is 0. The predicted molar refractivity (Wildman–Crippen MR) is 250 cm³/mol. The van der Waals surface area contributed by atoms with Crippen molar-refractivity contribution in [2.24, 2.45) is 0 Å². The third-order valence-electron chi connectivity index (χ3n) is 12.1. The van der Waals surface area contributed by atoms with E-state index in [1.165, 1.54) is 11.1 Å². The van der Waals surface area contributed by atoms with Crippen LogP contribution in [0.25, 0.3) is 94.8 Å². The number of fused-ring (bicyclic) bond motifs is 6. The van der Waals surface area contributed by atoms with Crippen LogP contribution in [-0.2, 0) is 0 Å². The Morgan fingerprint density at radius 1 is 0.387 bits per heavy atom. The average Bonchev–Trinajstić information content (AvgIpc) is 3.93. The van der Waals surface area contributed by atoms with Crippen molar-refractivity contribution >= 4 is 27.5 Å². The first kappa shape index (κ1) is 35.8. The Morgan fingerprint density at radius 2 is 0.887 bits per heavy atom. The van der Waals surface area contributed by atoms with Gasteiger partial charge in [0.15, 0.2) is 17.5 Å². The second-order valence-corrected chi connectivity index (χ2v) is 15.9. The maximum Gasteiger partial charge on any atom is 0.164 e. The molecule has 0 spiro atoms.